The second-order valence-electron chi connectivity index (χ2n) is 10.1. The van der Waals surface area contributed by atoms with E-state index >= 15 is 0 Å². The van der Waals surface area contributed by atoms with Crippen molar-refractivity contribution in [2.45, 2.75) is 77.9 Å². The van der Waals surface area contributed by atoms with Crippen molar-refractivity contribution in [1.29, 1.82) is 0 Å². The highest BCUT2D eigenvalue weighted by atomic mass is 16.6. The molecule has 3 aliphatic rings. The molecule has 3 rings (SSSR count). The summed E-state index contributed by atoms with van der Waals surface area (Å²) in [6.45, 7) is 7.89. The van der Waals surface area contributed by atoms with Crippen molar-refractivity contribution in [2.75, 3.05) is 26.4 Å². The molecule has 7 heteroatoms. The Labute approximate surface area is 185 Å². The highest BCUT2D eigenvalue weighted by Gasteiger charge is 2.69. The van der Waals surface area contributed by atoms with Gasteiger partial charge in [0.25, 0.3) is 0 Å². The van der Waals surface area contributed by atoms with Crippen LogP contribution in [0.4, 0.5) is 0 Å². The molecule has 6 atom stereocenters. The summed E-state index contributed by atoms with van der Waals surface area (Å²) in [6.07, 6.45) is 5.79. The number of aliphatic hydroxyl groups excluding tert-OH is 1. The van der Waals surface area contributed by atoms with Crippen molar-refractivity contribution in [2.24, 2.45) is 22.7 Å². The minimum atomic E-state index is -1.50. The highest BCUT2D eigenvalue weighted by Crippen LogP contribution is 2.65. The number of fused-ring (bicyclic) bond motifs is 1. The Bertz CT molecular complexity index is 719. The van der Waals surface area contributed by atoms with Crippen LogP contribution in [0.3, 0.4) is 0 Å². The molecule has 0 amide bonds. The van der Waals surface area contributed by atoms with Gasteiger partial charge in [0.05, 0.1) is 25.2 Å². The van der Waals surface area contributed by atoms with Gasteiger partial charge in [-0.25, -0.2) is 0 Å². The first-order valence-corrected chi connectivity index (χ1v) is 11.5. The number of hydrogen-bond donors (Lipinski definition) is 2. The first-order valence-electron chi connectivity index (χ1n) is 11.5. The smallest absolute Gasteiger partial charge is 0.302 e. The lowest BCUT2D eigenvalue weighted by Crippen LogP contribution is -2.71. The molecule has 31 heavy (non-hydrogen) atoms. The van der Waals surface area contributed by atoms with Gasteiger partial charge in [-0.3, -0.25) is 9.59 Å². The molecular weight excluding hydrogens is 400 g/mol. The number of carbonyl (C=O) groups is 2. The number of aliphatic hydroxyl groups is 2. The maximum Gasteiger partial charge on any atom is 0.302 e. The lowest BCUT2D eigenvalue weighted by molar-refractivity contribution is -0.282. The van der Waals surface area contributed by atoms with Crippen LogP contribution >= 0.6 is 0 Å². The molecule has 1 aliphatic heterocycles. The Hall–Kier alpha value is -1.44. The van der Waals surface area contributed by atoms with E-state index in [2.05, 4.69) is 19.9 Å². The van der Waals surface area contributed by atoms with Gasteiger partial charge < -0.3 is 24.4 Å². The molecule has 0 saturated heterocycles. The number of ether oxygens (including phenoxy) is 3. The molecule has 0 bridgehead atoms. The minimum Gasteiger partial charge on any atom is -0.465 e. The van der Waals surface area contributed by atoms with E-state index in [-0.39, 0.29) is 23.9 Å². The molecule has 176 valence electrons. The van der Waals surface area contributed by atoms with Crippen molar-refractivity contribution in [3.8, 4) is 0 Å². The number of rotatable bonds is 7. The zero-order chi connectivity index (χ0) is 22.9. The molecule has 2 N–H and O–H groups in total. The first kappa shape index (κ1) is 24.2. The normalized spacial score (nSPS) is 40.1. The topological polar surface area (TPSA) is 102 Å². The summed E-state index contributed by atoms with van der Waals surface area (Å²) in [7, 11) is 0. The summed E-state index contributed by atoms with van der Waals surface area (Å²) in [5.74, 6) is -0.743. The van der Waals surface area contributed by atoms with Gasteiger partial charge in [0, 0.05) is 13.8 Å². The fraction of sp³-hybridized carbons (Fsp3) is 0.833. The molecule has 0 aromatic rings. The van der Waals surface area contributed by atoms with Gasteiger partial charge >= 0.3 is 11.9 Å². The highest BCUT2D eigenvalue weighted by molar-refractivity contribution is 5.67. The Morgan fingerprint density at radius 3 is 2.61 bits per heavy atom. The van der Waals surface area contributed by atoms with Crippen LogP contribution in [0.5, 0.6) is 0 Å². The quantitative estimate of drug-likeness (QED) is 0.465. The van der Waals surface area contributed by atoms with Crippen LogP contribution in [0.25, 0.3) is 0 Å². The van der Waals surface area contributed by atoms with Gasteiger partial charge in [0.2, 0.25) is 0 Å². The van der Waals surface area contributed by atoms with E-state index in [1.54, 1.807) is 0 Å². The number of carbonyl (C=O) groups excluding carboxylic acids is 2. The second-order valence-corrected chi connectivity index (χ2v) is 10.1. The van der Waals surface area contributed by atoms with Gasteiger partial charge in [0.1, 0.15) is 18.3 Å². The van der Waals surface area contributed by atoms with E-state index in [4.69, 9.17) is 14.2 Å². The van der Waals surface area contributed by atoms with E-state index in [0.717, 1.165) is 25.7 Å². The third-order valence-corrected chi connectivity index (χ3v) is 8.48. The maximum atomic E-state index is 12.0. The predicted octanol–water partition coefficient (Wildman–Crippen LogP) is 2.77. The lowest BCUT2D eigenvalue weighted by atomic mass is 9.42. The average Bonchev–Trinajstić information content (AvgIpc) is 3.23. The van der Waals surface area contributed by atoms with E-state index in [9.17, 15) is 19.8 Å². The molecule has 2 fully saturated rings. The SMILES string of the molecule is CC(=O)OCC12C(OC(C)=O)CC(C)C(C)(CCC3=CCOC3)C1CCCC2(O)CO. The predicted molar refractivity (Wildman–Crippen MR) is 114 cm³/mol. The van der Waals surface area contributed by atoms with Crippen LogP contribution in [-0.2, 0) is 23.8 Å². The van der Waals surface area contributed by atoms with Gasteiger partial charge in [-0.05, 0) is 54.9 Å². The van der Waals surface area contributed by atoms with Crippen LogP contribution in [-0.4, -0.2) is 60.3 Å². The van der Waals surface area contributed by atoms with Crippen LogP contribution < -0.4 is 0 Å². The molecule has 2 aliphatic carbocycles. The largest absolute Gasteiger partial charge is 0.465 e. The van der Waals surface area contributed by atoms with Crippen LogP contribution in [0.15, 0.2) is 11.6 Å². The summed E-state index contributed by atoms with van der Waals surface area (Å²) >= 11 is 0. The van der Waals surface area contributed by atoms with Gasteiger partial charge in [-0.1, -0.05) is 26.3 Å². The fourth-order valence-electron chi connectivity index (χ4n) is 6.58. The Balaban J connectivity index is 2.06. The van der Waals surface area contributed by atoms with E-state index in [1.165, 1.54) is 19.4 Å². The molecule has 2 saturated carbocycles. The summed E-state index contributed by atoms with van der Waals surface area (Å²) in [5.41, 5.74) is -1.46. The fourth-order valence-corrected chi connectivity index (χ4v) is 6.58. The lowest BCUT2D eigenvalue weighted by Gasteiger charge is -2.65. The zero-order valence-electron chi connectivity index (χ0n) is 19.3. The number of hydrogen-bond acceptors (Lipinski definition) is 7. The molecule has 1 heterocycles. The van der Waals surface area contributed by atoms with Gasteiger partial charge in [-0.2, -0.15) is 0 Å². The third kappa shape index (κ3) is 4.29. The van der Waals surface area contributed by atoms with Crippen LogP contribution in [0.1, 0.15) is 66.2 Å². The van der Waals surface area contributed by atoms with Crippen LogP contribution in [0, 0.1) is 22.7 Å². The molecule has 0 radical (unpaired) electrons. The molecule has 0 aromatic heterocycles. The van der Waals surface area contributed by atoms with Gasteiger partial charge in [-0.15, -0.1) is 0 Å². The van der Waals surface area contributed by atoms with E-state index in [0.29, 0.717) is 26.1 Å². The average molecular weight is 439 g/mol. The van der Waals surface area contributed by atoms with Gasteiger partial charge in [0.15, 0.2) is 0 Å². The summed E-state index contributed by atoms with van der Waals surface area (Å²) in [4.78, 5) is 23.9. The molecule has 0 spiro atoms. The molecule has 6 unspecified atom stereocenters. The van der Waals surface area contributed by atoms with Crippen LogP contribution in [0.2, 0.25) is 0 Å². The molecule has 0 aromatic carbocycles. The van der Waals surface area contributed by atoms with Crippen molar-refractivity contribution >= 4 is 11.9 Å². The minimum absolute atomic E-state index is 0.0733. The zero-order valence-corrected chi connectivity index (χ0v) is 19.3. The van der Waals surface area contributed by atoms with Crippen molar-refractivity contribution in [3.05, 3.63) is 11.6 Å². The summed E-state index contributed by atoms with van der Waals surface area (Å²) < 4.78 is 16.8. The van der Waals surface area contributed by atoms with E-state index < -0.39 is 35.7 Å². The van der Waals surface area contributed by atoms with Crippen molar-refractivity contribution < 1.29 is 34.0 Å². The van der Waals surface area contributed by atoms with Crippen molar-refractivity contribution in [3.63, 3.8) is 0 Å². The van der Waals surface area contributed by atoms with E-state index in [1.807, 2.05) is 0 Å². The standard InChI is InChI=1S/C24H38O7/c1-16-12-21(31-18(3)27)24(15-30-17(2)26)20(6-5-9-23(24,28)14-25)22(16,4)10-7-19-8-11-29-13-19/h8,16,20-21,25,28H,5-7,9-15H2,1-4H3. The third-order valence-electron chi connectivity index (χ3n) is 8.48. The maximum absolute atomic E-state index is 12.0. The Morgan fingerprint density at radius 1 is 1.29 bits per heavy atom. The first-order chi connectivity index (χ1) is 14.6. The molecule has 7 nitrogen and oxygen atoms in total. The Morgan fingerprint density at radius 2 is 2.03 bits per heavy atom. The summed E-state index contributed by atoms with van der Waals surface area (Å²) in [5, 5.41) is 22.1. The monoisotopic (exact) mass is 438 g/mol. The second kappa shape index (κ2) is 9.20. The Kier molecular flexibility index (Phi) is 7.18. The van der Waals surface area contributed by atoms with Crippen molar-refractivity contribution in [1.82, 2.24) is 0 Å². The number of esters is 2. The molecular formula is C24H38O7. The summed E-state index contributed by atoms with van der Waals surface area (Å²) in [6, 6.07) is 0.